The zero-order valence-electron chi connectivity index (χ0n) is 13.5. The van der Waals surface area contributed by atoms with E-state index in [2.05, 4.69) is 34.6 Å². The molecule has 2 N–H and O–H groups in total. The average Bonchev–Trinajstić information content (AvgIpc) is 2.59. The third-order valence-electron chi connectivity index (χ3n) is 3.87. The third kappa shape index (κ3) is 3.51. The van der Waals surface area contributed by atoms with Gasteiger partial charge in [0.05, 0.1) is 0 Å². The summed E-state index contributed by atoms with van der Waals surface area (Å²) in [6, 6.07) is 16.2. The van der Waals surface area contributed by atoms with Crippen molar-refractivity contribution in [2.45, 2.75) is 19.8 Å². The number of aliphatic carboxylic acids is 1. The lowest BCUT2D eigenvalue weighted by Crippen LogP contribution is -2.07. The Morgan fingerprint density at radius 3 is 2.46 bits per heavy atom. The van der Waals surface area contributed by atoms with E-state index in [1.807, 2.05) is 36.4 Å². The Balaban J connectivity index is 1.92. The highest BCUT2D eigenvalue weighted by molar-refractivity contribution is 6.00. The first-order valence-electron chi connectivity index (χ1n) is 7.93. The summed E-state index contributed by atoms with van der Waals surface area (Å²) in [5.74, 6) is -0.102. The highest BCUT2D eigenvalue weighted by Crippen LogP contribution is 2.29. The summed E-state index contributed by atoms with van der Waals surface area (Å²) in [5.41, 5.74) is 3.08. The SMILES string of the molecule is Cc1ccc(-c2nnc(NCCCC(=O)O)c3ccccc23)cc1. The molecule has 0 spiro atoms. The van der Waals surface area contributed by atoms with Crippen molar-refractivity contribution in [3.05, 3.63) is 54.1 Å². The minimum absolute atomic E-state index is 0.139. The molecule has 1 heterocycles. The van der Waals surface area contributed by atoms with Crippen LogP contribution in [0.25, 0.3) is 22.0 Å². The summed E-state index contributed by atoms with van der Waals surface area (Å²) in [5, 5.41) is 22.6. The molecule has 2 aromatic carbocycles. The van der Waals surface area contributed by atoms with Crippen LogP contribution in [-0.4, -0.2) is 27.8 Å². The number of rotatable bonds is 6. The van der Waals surface area contributed by atoms with Crippen LogP contribution in [0.15, 0.2) is 48.5 Å². The molecule has 0 saturated carbocycles. The minimum Gasteiger partial charge on any atom is -0.481 e. The van der Waals surface area contributed by atoms with Gasteiger partial charge in [-0.2, -0.15) is 0 Å². The van der Waals surface area contributed by atoms with E-state index in [4.69, 9.17) is 5.11 Å². The molecule has 0 amide bonds. The Labute approximate surface area is 140 Å². The van der Waals surface area contributed by atoms with E-state index in [0.29, 0.717) is 18.8 Å². The molecule has 0 bridgehead atoms. The first-order valence-corrected chi connectivity index (χ1v) is 7.93. The van der Waals surface area contributed by atoms with Gasteiger partial charge in [0, 0.05) is 29.3 Å². The second kappa shape index (κ2) is 7.08. The van der Waals surface area contributed by atoms with Gasteiger partial charge in [-0.05, 0) is 13.3 Å². The average molecular weight is 321 g/mol. The summed E-state index contributed by atoms with van der Waals surface area (Å²) in [6.45, 7) is 2.60. The molecule has 1 aromatic heterocycles. The number of fused-ring (bicyclic) bond motifs is 1. The first kappa shape index (κ1) is 15.9. The second-order valence-corrected chi connectivity index (χ2v) is 5.73. The molecule has 0 aliphatic rings. The number of benzene rings is 2. The monoisotopic (exact) mass is 321 g/mol. The Morgan fingerprint density at radius 2 is 1.75 bits per heavy atom. The van der Waals surface area contributed by atoms with Crippen LogP contribution in [0.2, 0.25) is 0 Å². The number of carboxylic acids is 1. The zero-order valence-corrected chi connectivity index (χ0v) is 13.5. The number of aryl methyl sites for hydroxylation is 1. The summed E-state index contributed by atoms with van der Waals surface area (Å²) >= 11 is 0. The molecule has 5 nitrogen and oxygen atoms in total. The molecular formula is C19H19N3O2. The van der Waals surface area contributed by atoms with Crippen LogP contribution in [0.3, 0.4) is 0 Å². The highest BCUT2D eigenvalue weighted by Gasteiger charge is 2.10. The first-order chi connectivity index (χ1) is 11.6. The van der Waals surface area contributed by atoms with Gasteiger partial charge in [-0.25, -0.2) is 0 Å². The van der Waals surface area contributed by atoms with Gasteiger partial charge in [-0.15, -0.1) is 10.2 Å². The standard InChI is InChI=1S/C19H19N3O2/c1-13-8-10-14(11-9-13)18-15-5-2-3-6-16(15)19(22-21-18)20-12-4-7-17(23)24/h2-3,5-6,8-11H,4,7,12H2,1H3,(H,20,22)(H,23,24). The van der Waals surface area contributed by atoms with E-state index in [1.54, 1.807) is 0 Å². The van der Waals surface area contributed by atoms with Gasteiger partial charge < -0.3 is 10.4 Å². The predicted octanol–water partition coefficient (Wildman–Crippen LogP) is 3.88. The number of nitrogens with one attached hydrogen (secondary N) is 1. The third-order valence-corrected chi connectivity index (χ3v) is 3.87. The van der Waals surface area contributed by atoms with Crippen molar-refractivity contribution in [2.75, 3.05) is 11.9 Å². The molecule has 3 rings (SSSR count). The van der Waals surface area contributed by atoms with E-state index in [-0.39, 0.29) is 6.42 Å². The van der Waals surface area contributed by atoms with Crippen LogP contribution >= 0.6 is 0 Å². The lowest BCUT2D eigenvalue weighted by molar-refractivity contribution is -0.137. The Kier molecular flexibility index (Phi) is 4.70. The fraction of sp³-hybridized carbons (Fsp3) is 0.211. The second-order valence-electron chi connectivity index (χ2n) is 5.73. The summed E-state index contributed by atoms with van der Waals surface area (Å²) in [4.78, 5) is 10.6. The number of anilines is 1. The van der Waals surface area contributed by atoms with Crippen LogP contribution in [0.5, 0.6) is 0 Å². The Bertz CT molecular complexity index is 860. The fourth-order valence-corrected chi connectivity index (χ4v) is 2.61. The number of nitrogens with zero attached hydrogens (tertiary/aromatic N) is 2. The molecule has 0 saturated heterocycles. The van der Waals surface area contributed by atoms with Gasteiger partial charge in [0.1, 0.15) is 5.69 Å². The molecule has 0 aliphatic carbocycles. The molecular weight excluding hydrogens is 302 g/mol. The van der Waals surface area contributed by atoms with Gasteiger partial charge in [0.25, 0.3) is 0 Å². The maximum absolute atomic E-state index is 10.6. The van der Waals surface area contributed by atoms with Crippen LogP contribution in [0.1, 0.15) is 18.4 Å². The van der Waals surface area contributed by atoms with Crippen LogP contribution in [-0.2, 0) is 4.79 Å². The molecule has 0 radical (unpaired) electrons. The topological polar surface area (TPSA) is 75.1 Å². The van der Waals surface area contributed by atoms with Crippen molar-refractivity contribution < 1.29 is 9.90 Å². The fourth-order valence-electron chi connectivity index (χ4n) is 2.61. The van der Waals surface area contributed by atoms with E-state index in [0.717, 1.165) is 22.0 Å². The van der Waals surface area contributed by atoms with Crippen LogP contribution in [0.4, 0.5) is 5.82 Å². The van der Waals surface area contributed by atoms with Crippen LogP contribution in [0, 0.1) is 6.92 Å². The largest absolute Gasteiger partial charge is 0.481 e. The normalized spacial score (nSPS) is 10.7. The van der Waals surface area contributed by atoms with Crippen molar-refractivity contribution in [3.8, 4) is 11.3 Å². The van der Waals surface area contributed by atoms with E-state index in [1.165, 1.54) is 5.56 Å². The Hall–Kier alpha value is -2.95. The van der Waals surface area contributed by atoms with Gasteiger partial charge in [-0.1, -0.05) is 54.1 Å². The molecule has 24 heavy (non-hydrogen) atoms. The summed E-state index contributed by atoms with van der Waals surface area (Å²) in [7, 11) is 0. The smallest absolute Gasteiger partial charge is 0.303 e. The van der Waals surface area contributed by atoms with E-state index in [9.17, 15) is 4.79 Å². The predicted molar refractivity (Wildman–Crippen MR) is 95.1 cm³/mol. The number of hydrogen-bond acceptors (Lipinski definition) is 4. The van der Waals surface area contributed by atoms with E-state index >= 15 is 0 Å². The quantitative estimate of drug-likeness (QED) is 0.674. The van der Waals surface area contributed by atoms with Crippen molar-refractivity contribution in [1.82, 2.24) is 10.2 Å². The maximum Gasteiger partial charge on any atom is 0.303 e. The van der Waals surface area contributed by atoms with Gasteiger partial charge in [0.2, 0.25) is 0 Å². The van der Waals surface area contributed by atoms with E-state index < -0.39 is 5.97 Å². The number of aromatic nitrogens is 2. The molecule has 0 unspecified atom stereocenters. The van der Waals surface area contributed by atoms with Crippen molar-refractivity contribution in [1.29, 1.82) is 0 Å². The number of carbonyl (C=O) groups is 1. The maximum atomic E-state index is 10.6. The number of hydrogen-bond donors (Lipinski definition) is 2. The van der Waals surface area contributed by atoms with Crippen molar-refractivity contribution in [3.63, 3.8) is 0 Å². The summed E-state index contributed by atoms with van der Waals surface area (Å²) < 4.78 is 0. The zero-order chi connectivity index (χ0) is 16.9. The summed E-state index contributed by atoms with van der Waals surface area (Å²) in [6.07, 6.45) is 0.685. The lowest BCUT2D eigenvalue weighted by Gasteiger charge is -2.11. The molecule has 0 atom stereocenters. The molecule has 5 heteroatoms. The Morgan fingerprint density at radius 1 is 1.04 bits per heavy atom. The van der Waals surface area contributed by atoms with Crippen molar-refractivity contribution in [2.24, 2.45) is 0 Å². The van der Waals surface area contributed by atoms with Crippen molar-refractivity contribution >= 4 is 22.6 Å². The molecule has 122 valence electrons. The lowest BCUT2D eigenvalue weighted by atomic mass is 10.0. The molecule has 0 fully saturated rings. The minimum atomic E-state index is -0.789. The van der Waals surface area contributed by atoms with Gasteiger partial charge in [0.15, 0.2) is 5.82 Å². The van der Waals surface area contributed by atoms with Gasteiger partial charge in [-0.3, -0.25) is 4.79 Å². The highest BCUT2D eigenvalue weighted by atomic mass is 16.4. The molecule has 0 aliphatic heterocycles. The van der Waals surface area contributed by atoms with Gasteiger partial charge >= 0.3 is 5.97 Å². The van der Waals surface area contributed by atoms with Crippen LogP contribution < -0.4 is 5.32 Å². The number of carboxylic acid groups (broad SMARTS) is 1. The molecule has 3 aromatic rings.